The Bertz CT molecular complexity index is 484. The first-order chi connectivity index (χ1) is 9.92. The van der Waals surface area contributed by atoms with Gasteiger partial charge in [0.2, 0.25) is 0 Å². The highest BCUT2D eigenvalue weighted by molar-refractivity contribution is 5.32. The fourth-order valence-corrected chi connectivity index (χ4v) is 3.71. The van der Waals surface area contributed by atoms with Gasteiger partial charge in [0.1, 0.15) is 0 Å². The molecule has 1 fully saturated rings. The number of nitrogens with one attached hydrogen (secondary N) is 1. The summed E-state index contributed by atoms with van der Waals surface area (Å²) in [6.45, 7) is 14.2. The Morgan fingerprint density at radius 1 is 1.33 bits per heavy atom. The van der Waals surface area contributed by atoms with Crippen LogP contribution in [-0.4, -0.2) is 18.8 Å². The molecule has 118 valence electrons. The van der Waals surface area contributed by atoms with Gasteiger partial charge in [-0.25, -0.2) is 0 Å². The monoisotopic (exact) mass is 289 g/mol. The topological polar surface area (TPSA) is 21.3 Å². The third kappa shape index (κ3) is 3.17. The Labute approximate surface area is 130 Å². The number of aryl methyl sites for hydroxylation is 2. The molecule has 4 atom stereocenters. The maximum Gasteiger partial charge on any atom is 0.0658 e. The molecular formula is C19H31NO. The Kier molecular flexibility index (Phi) is 5.11. The molecule has 21 heavy (non-hydrogen) atoms. The molecule has 1 saturated carbocycles. The standard InChI is InChI=1S/C19H31NO/c1-7-19(6)17(12-18(19)21-8-2)20-15(5)16-10-9-13(3)11-14(16)4/h9-11,15,17-18,20H,7-8,12H2,1-6H3. The number of rotatable bonds is 6. The minimum absolute atomic E-state index is 0.267. The van der Waals surface area contributed by atoms with Gasteiger partial charge in [0.05, 0.1) is 6.10 Å². The van der Waals surface area contributed by atoms with Gasteiger partial charge in [-0.3, -0.25) is 0 Å². The van der Waals surface area contributed by atoms with Crippen LogP contribution in [0, 0.1) is 19.3 Å². The summed E-state index contributed by atoms with van der Waals surface area (Å²) in [4.78, 5) is 0. The van der Waals surface area contributed by atoms with Crippen LogP contribution in [0.5, 0.6) is 0 Å². The van der Waals surface area contributed by atoms with E-state index < -0.39 is 0 Å². The van der Waals surface area contributed by atoms with Gasteiger partial charge in [-0.05, 0) is 51.7 Å². The van der Waals surface area contributed by atoms with Crippen LogP contribution in [0.1, 0.15) is 63.3 Å². The van der Waals surface area contributed by atoms with Crippen LogP contribution in [0.2, 0.25) is 0 Å². The SMILES string of the molecule is CCOC1CC(NC(C)c2ccc(C)cc2C)C1(C)CC. The van der Waals surface area contributed by atoms with Crippen molar-refractivity contribution in [3.05, 3.63) is 34.9 Å². The molecule has 0 aliphatic heterocycles. The Morgan fingerprint density at radius 3 is 2.62 bits per heavy atom. The molecule has 0 bridgehead atoms. The van der Waals surface area contributed by atoms with Gasteiger partial charge in [0.25, 0.3) is 0 Å². The van der Waals surface area contributed by atoms with Crippen LogP contribution < -0.4 is 5.32 Å². The van der Waals surface area contributed by atoms with Crippen molar-refractivity contribution < 1.29 is 4.74 Å². The molecule has 2 rings (SSSR count). The lowest BCUT2D eigenvalue weighted by Crippen LogP contribution is -2.62. The van der Waals surface area contributed by atoms with E-state index in [-0.39, 0.29) is 5.41 Å². The van der Waals surface area contributed by atoms with Crippen molar-refractivity contribution in [2.45, 2.75) is 72.6 Å². The van der Waals surface area contributed by atoms with Gasteiger partial charge >= 0.3 is 0 Å². The second-order valence-electron chi connectivity index (χ2n) is 6.84. The minimum atomic E-state index is 0.267. The summed E-state index contributed by atoms with van der Waals surface area (Å²) in [7, 11) is 0. The molecule has 0 heterocycles. The van der Waals surface area contributed by atoms with E-state index in [1.807, 2.05) is 0 Å². The second kappa shape index (κ2) is 6.50. The Balaban J connectivity index is 2.05. The number of ether oxygens (including phenoxy) is 1. The molecular weight excluding hydrogens is 258 g/mol. The molecule has 0 saturated heterocycles. The minimum Gasteiger partial charge on any atom is -0.378 e. The average Bonchev–Trinajstić information content (AvgIpc) is 2.45. The number of hydrogen-bond acceptors (Lipinski definition) is 2. The lowest BCUT2D eigenvalue weighted by molar-refractivity contribution is -0.127. The van der Waals surface area contributed by atoms with Crippen molar-refractivity contribution in [3.63, 3.8) is 0 Å². The van der Waals surface area contributed by atoms with Crippen LogP contribution in [0.3, 0.4) is 0 Å². The predicted molar refractivity (Wildman–Crippen MR) is 89.7 cm³/mol. The summed E-state index contributed by atoms with van der Waals surface area (Å²) >= 11 is 0. The van der Waals surface area contributed by atoms with Gasteiger partial charge in [-0.1, -0.05) is 37.6 Å². The highest BCUT2D eigenvalue weighted by Crippen LogP contribution is 2.46. The first-order valence-electron chi connectivity index (χ1n) is 8.37. The summed E-state index contributed by atoms with van der Waals surface area (Å²) in [5.74, 6) is 0. The molecule has 0 radical (unpaired) electrons. The average molecular weight is 289 g/mol. The summed E-state index contributed by atoms with van der Waals surface area (Å²) in [5.41, 5.74) is 4.40. The fourth-order valence-electron chi connectivity index (χ4n) is 3.71. The fraction of sp³-hybridized carbons (Fsp3) is 0.684. The molecule has 0 amide bonds. The number of benzene rings is 1. The molecule has 1 aromatic rings. The highest BCUT2D eigenvalue weighted by atomic mass is 16.5. The summed E-state index contributed by atoms with van der Waals surface area (Å²) in [6.07, 6.45) is 2.71. The smallest absolute Gasteiger partial charge is 0.0658 e. The van der Waals surface area contributed by atoms with E-state index in [1.165, 1.54) is 16.7 Å². The summed E-state index contributed by atoms with van der Waals surface area (Å²) in [6, 6.07) is 7.70. The first kappa shape index (κ1) is 16.5. The largest absolute Gasteiger partial charge is 0.378 e. The summed E-state index contributed by atoms with van der Waals surface area (Å²) < 4.78 is 5.90. The van der Waals surface area contributed by atoms with Crippen LogP contribution in [0.15, 0.2) is 18.2 Å². The van der Waals surface area contributed by atoms with Crippen molar-refractivity contribution in [2.24, 2.45) is 5.41 Å². The van der Waals surface area contributed by atoms with Crippen molar-refractivity contribution in [1.29, 1.82) is 0 Å². The Morgan fingerprint density at radius 2 is 2.05 bits per heavy atom. The zero-order valence-corrected chi connectivity index (χ0v) is 14.5. The van der Waals surface area contributed by atoms with Gasteiger partial charge < -0.3 is 10.1 Å². The van der Waals surface area contributed by atoms with Crippen LogP contribution in [0.25, 0.3) is 0 Å². The van der Waals surface area contributed by atoms with Gasteiger partial charge in [-0.15, -0.1) is 0 Å². The van der Waals surface area contributed by atoms with Crippen molar-refractivity contribution in [2.75, 3.05) is 6.61 Å². The molecule has 1 aliphatic rings. The molecule has 1 N–H and O–H groups in total. The van der Waals surface area contributed by atoms with E-state index in [0.29, 0.717) is 18.2 Å². The van der Waals surface area contributed by atoms with E-state index >= 15 is 0 Å². The molecule has 0 aromatic heterocycles. The second-order valence-corrected chi connectivity index (χ2v) is 6.84. The van der Waals surface area contributed by atoms with Gasteiger partial charge in [-0.2, -0.15) is 0 Å². The van der Waals surface area contributed by atoms with Crippen LogP contribution >= 0.6 is 0 Å². The molecule has 1 aromatic carbocycles. The lowest BCUT2D eigenvalue weighted by atomic mass is 9.61. The van der Waals surface area contributed by atoms with Crippen molar-refractivity contribution >= 4 is 0 Å². The van der Waals surface area contributed by atoms with E-state index in [4.69, 9.17) is 4.74 Å². The normalized spacial score (nSPS) is 30.0. The summed E-state index contributed by atoms with van der Waals surface area (Å²) in [5, 5.41) is 3.84. The lowest BCUT2D eigenvalue weighted by Gasteiger charge is -2.54. The molecule has 1 aliphatic carbocycles. The van der Waals surface area contributed by atoms with Gasteiger partial charge in [0, 0.05) is 24.1 Å². The van der Waals surface area contributed by atoms with Crippen molar-refractivity contribution in [1.82, 2.24) is 5.32 Å². The zero-order chi connectivity index (χ0) is 15.6. The third-order valence-electron chi connectivity index (χ3n) is 5.45. The highest BCUT2D eigenvalue weighted by Gasteiger charge is 2.51. The maximum atomic E-state index is 5.90. The maximum absolute atomic E-state index is 5.90. The third-order valence-corrected chi connectivity index (χ3v) is 5.45. The molecule has 4 unspecified atom stereocenters. The van der Waals surface area contributed by atoms with E-state index in [1.54, 1.807) is 0 Å². The first-order valence-corrected chi connectivity index (χ1v) is 8.37. The predicted octanol–water partition coefficient (Wildman–Crippen LogP) is 4.55. The van der Waals surface area contributed by atoms with Crippen LogP contribution in [-0.2, 0) is 4.74 Å². The van der Waals surface area contributed by atoms with Crippen molar-refractivity contribution in [3.8, 4) is 0 Å². The van der Waals surface area contributed by atoms with Gasteiger partial charge in [0.15, 0.2) is 0 Å². The van der Waals surface area contributed by atoms with E-state index in [9.17, 15) is 0 Å². The quantitative estimate of drug-likeness (QED) is 0.829. The van der Waals surface area contributed by atoms with E-state index in [0.717, 1.165) is 19.4 Å². The Hall–Kier alpha value is -0.860. The molecule has 2 heteroatoms. The van der Waals surface area contributed by atoms with E-state index in [2.05, 4.69) is 65.1 Å². The molecule has 2 nitrogen and oxygen atoms in total. The molecule has 0 spiro atoms. The van der Waals surface area contributed by atoms with Crippen LogP contribution in [0.4, 0.5) is 0 Å². The zero-order valence-electron chi connectivity index (χ0n) is 14.5. The number of hydrogen-bond donors (Lipinski definition) is 1.